The molecule has 1 aliphatic carbocycles. The Morgan fingerprint density at radius 1 is 1.04 bits per heavy atom. The molecule has 0 heterocycles. The van der Waals surface area contributed by atoms with E-state index < -0.39 is 5.97 Å². The number of Topliss-reactive ketones (excluding diaryl/α,β-unsaturated/α-hetero) is 1. The number of unbranched alkanes of at least 4 members (excludes halogenated alkanes) is 6. The van der Waals surface area contributed by atoms with Gasteiger partial charge >= 0.3 is 5.97 Å². The van der Waals surface area contributed by atoms with E-state index in [1.807, 2.05) is 31.2 Å². The molecule has 0 radical (unpaired) electrons. The van der Waals surface area contributed by atoms with E-state index in [0.717, 1.165) is 29.5 Å². The number of rotatable bonds is 11. The summed E-state index contributed by atoms with van der Waals surface area (Å²) >= 11 is 0. The molecule has 26 heavy (non-hydrogen) atoms. The van der Waals surface area contributed by atoms with Gasteiger partial charge in [-0.25, -0.2) is 0 Å². The van der Waals surface area contributed by atoms with E-state index >= 15 is 0 Å². The Bertz CT molecular complexity index is 657. The summed E-state index contributed by atoms with van der Waals surface area (Å²) in [6.45, 7) is 4.15. The van der Waals surface area contributed by atoms with Crippen molar-refractivity contribution in [2.24, 2.45) is 0 Å². The van der Waals surface area contributed by atoms with E-state index in [1.54, 1.807) is 0 Å². The first kappa shape index (κ1) is 20.4. The molecule has 0 amide bonds. The number of hydrogen-bond donors (Lipinski definition) is 1. The molecule has 0 spiro atoms. The van der Waals surface area contributed by atoms with E-state index in [2.05, 4.69) is 6.92 Å². The minimum absolute atomic E-state index is 0.0695. The van der Waals surface area contributed by atoms with Crippen molar-refractivity contribution in [3.8, 4) is 0 Å². The summed E-state index contributed by atoms with van der Waals surface area (Å²) < 4.78 is 0. The molecular formula is C23H32O3. The molecule has 0 saturated heterocycles. The van der Waals surface area contributed by atoms with E-state index in [0.29, 0.717) is 6.42 Å². The van der Waals surface area contributed by atoms with E-state index in [-0.39, 0.29) is 18.1 Å². The third-order valence-corrected chi connectivity index (χ3v) is 5.52. The Kier molecular flexibility index (Phi) is 8.08. The summed E-state index contributed by atoms with van der Waals surface area (Å²) in [5, 5.41) is 9.13. The number of allylic oxidation sites excluding steroid dienone is 2. The number of carboxylic acid groups (broad SMARTS) is 1. The average Bonchev–Trinajstić information content (AvgIpc) is 2.64. The Morgan fingerprint density at radius 3 is 2.38 bits per heavy atom. The van der Waals surface area contributed by atoms with Crippen LogP contribution in [0.2, 0.25) is 0 Å². The number of carbonyl (C=O) groups is 2. The van der Waals surface area contributed by atoms with Crippen LogP contribution < -0.4 is 0 Å². The molecule has 1 aromatic carbocycles. The zero-order valence-corrected chi connectivity index (χ0v) is 16.2. The number of hydrogen-bond acceptors (Lipinski definition) is 2. The van der Waals surface area contributed by atoms with Gasteiger partial charge in [0.1, 0.15) is 0 Å². The molecular weight excluding hydrogens is 324 g/mol. The van der Waals surface area contributed by atoms with Crippen molar-refractivity contribution in [2.45, 2.75) is 84.0 Å². The summed E-state index contributed by atoms with van der Waals surface area (Å²) in [7, 11) is 0. The smallest absolute Gasteiger partial charge is 0.303 e. The summed E-state index contributed by atoms with van der Waals surface area (Å²) in [6, 6.07) is 7.71. The van der Waals surface area contributed by atoms with Crippen molar-refractivity contribution < 1.29 is 14.7 Å². The van der Waals surface area contributed by atoms with Crippen molar-refractivity contribution in [1.29, 1.82) is 0 Å². The average molecular weight is 357 g/mol. The molecule has 0 aliphatic heterocycles. The van der Waals surface area contributed by atoms with Gasteiger partial charge in [-0.15, -0.1) is 0 Å². The number of carboxylic acids is 1. The predicted octanol–water partition coefficient (Wildman–Crippen LogP) is 6.29. The van der Waals surface area contributed by atoms with E-state index in [4.69, 9.17) is 5.11 Å². The van der Waals surface area contributed by atoms with Crippen LogP contribution in [0, 0.1) is 0 Å². The quantitative estimate of drug-likeness (QED) is 0.474. The van der Waals surface area contributed by atoms with Crippen LogP contribution in [-0.4, -0.2) is 16.9 Å². The number of ketones is 1. The van der Waals surface area contributed by atoms with Gasteiger partial charge in [0.15, 0.2) is 5.78 Å². The van der Waals surface area contributed by atoms with Crippen molar-refractivity contribution in [1.82, 2.24) is 0 Å². The number of aliphatic carboxylic acids is 1. The van der Waals surface area contributed by atoms with Crippen molar-refractivity contribution in [3.05, 3.63) is 46.5 Å². The summed E-state index contributed by atoms with van der Waals surface area (Å²) in [5.74, 6) is -0.586. The lowest BCUT2D eigenvalue weighted by molar-refractivity contribution is -0.137. The number of benzene rings is 1. The highest BCUT2D eigenvalue weighted by molar-refractivity contribution is 6.11. The molecule has 142 valence electrons. The van der Waals surface area contributed by atoms with Crippen LogP contribution in [0.3, 0.4) is 0 Å². The second-order valence-corrected chi connectivity index (χ2v) is 7.42. The summed E-state index contributed by atoms with van der Waals surface area (Å²) in [6.07, 6.45) is 10.3. The van der Waals surface area contributed by atoms with Gasteiger partial charge in [0.2, 0.25) is 0 Å². The third kappa shape index (κ3) is 5.30. The molecule has 1 N–H and O–H groups in total. The van der Waals surface area contributed by atoms with E-state index in [1.165, 1.54) is 44.1 Å². The van der Waals surface area contributed by atoms with Gasteiger partial charge in [0.25, 0.3) is 0 Å². The van der Waals surface area contributed by atoms with Crippen LogP contribution in [0.1, 0.15) is 99.9 Å². The second-order valence-electron chi connectivity index (χ2n) is 7.42. The topological polar surface area (TPSA) is 54.4 Å². The molecule has 0 bridgehead atoms. The van der Waals surface area contributed by atoms with Gasteiger partial charge in [0, 0.05) is 17.9 Å². The van der Waals surface area contributed by atoms with Crippen LogP contribution in [0.4, 0.5) is 0 Å². The van der Waals surface area contributed by atoms with Gasteiger partial charge in [-0.1, -0.05) is 75.3 Å². The van der Waals surface area contributed by atoms with Crippen LogP contribution in [0.5, 0.6) is 0 Å². The number of fused-ring (bicyclic) bond motifs is 1. The Morgan fingerprint density at radius 2 is 1.69 bits per heavy atom. The molecule has 1 atom stereocenters. The van der Waals surface area contributed by atoms with Gasteiger partial charge in [-0.3, -0.25) is 9.59 Å². The lowest BCUT2D eigenvalue weighted by atomic mass is 9.74. The van der Waals surface area contributed by atoms with Crippen molar-refractivity contribution in [2.75, 3.05) is 0 Å². The summed E-state index contributed by atoms with van der Waals surface area (Å²) in [5.41, 5.74) is 3.78. The highest BCUT2D eigenvalue weighted by Gasteiger charge is 2.30. The van der Waals surface area contributed by atoms with Crippen LogP contribution in [0.25, 0.3) is 0 Å². The lowest BCUT2D eigenvalue weighted by Crippen LogP contribution is -2.20. The minimum atomic E-state index is -0.771. The Labute approximate surface area is 157 Å². The van der Waals surface area contributed by atoms with Crippen molar-refractivity contribution in [3.63, 3.8) is 0 Å². The molecule has 0 saturated carbocycles. The molecule has 2 rings (SSSR count). The standard InChI is InChI=1S/C23H32O3/c1-3-4-5-6-7-8-9-12-18-17(2)23(26)21-14-11-10-13-19(21)20(18)15-16-22(24)25/h10-11,13-14,20H,3-9,12,15-16H2,1-2H3,(H,24,25). The van der Waals surface area contributed by atoms with Gasteiger partial charge < -0.3 is 5.11 Å². The fourth-order valence-corrected chi connectivity index (χ4v) is 4.04. The Balaban J connectivity index is 2.06. The molecule has 1 unspecified atom stereocenters. The molecule has 1 aromatic rings. The van der Waals surface area contributed by atoms with E-state index in [9.17, 15) is 9.59 Å². The predicted molar refractivity (Wildman–Crippen MR) is 106 cm³/mol. The zero-order valence-electron chi connectivity index (χ0n) is 16.2. The SMILES string of the molecule is CCCCCCCCCC1=C(C)C(=O)c2ccccc2C1CCC(=O)O. The van der Waals surface area contributed by atoms with Gasteiger partial charge in [0.05, 0.1) is 0 Å². The first-order chi connectivity index (χ1) is 12.6. The molecule has 0 aromatic heterocycles. The molecule has 1 aliphatic rings. The minimum Gasteiger partial charge on any atom is -0.481 e. The van der Waals surface area contributed by atoms with Crippen LogP contribution >= 0.6 is 0 Å². The van der Waals surface area contributed by atoms with Gasteiger partial charge in [-0.05, 0) is 37.3 Å². The normalized spacial score (nSPS) is 16.7. The van der Waals surface area contributed by atoms with Crippen molar-refractivity contribution >= 4 is 11.8 Å². The van der Waals surface area contributed by atoms with Crippen LogP contribution in [0.15, 0.2) is 35.4 Å². The fourth-order valence-electron chi connectivity index (χ4n) is 4.04. The summed E-state index contributed by atoms with van der Waals surface area (Å²) in [4.78, 5) is 23.9. The highest BCUT2D eigenvalue weighted by atomic mass is 16.4. The maximum atomic E-state index is 12.7. The zero-order chi connectivity index (χ0) is 18.9. The molecule has 3 heteroatoms. The molecule has 0 fully saturated rings. The number of carbonyl (C=O) groups excluding carboxylic acids is 1. The maximum Gasteiger partial charge on any atom is 0.303 e. The Hall–Kier alpha value is -1.90. The fraction of sp³-hybridized carbons (Fsp3) is 0.565. The third-order valence-electron chi connectivity index (χ3n) is 5.52. The largest absolute Gasteiger partial charge is 0.481 e. The first-order valence-corrected chi connectivity index (χ1v) is 10.1. The van der Waals surface area contributed by atoms with Gasteiger partial charge in [-0.2, -0.15) is 0 Å². The first-order valence-electron chi connectivity index (χ1n) is 10.1. The van der Waals surface area contributed by atoms with Crippen LogP contribution in [-0.2, 0) is 4.79 Å². The second kappa shape index (κ2) is 10.3. The maximum absolute atomic E-state index is 12.7. The lowest BCUT2D eigenvalue weighted by Gasteiger charge is -2.29. The highest BCUT2D eigenvalue weighted by Crippen LogP contribution is 2.41. The molecule has 3 nitrogen and oxygen atoms in total. The monoisotopic (exact) mass is 356 g/mol.